The number of anilines is 1. The third-order valence-corrected chi connectivity index (χ3v) is 2.57. The number of rotatable bonds is 5. The third-order valence-electron chi connectivity index (χ3n) is 2.57. The number of nitrogens with zero attached hydrogens (tertiary/aromatic N) is 2. The highest BCUT2D eigenvalue weighted by Gasteiger charge is 2.01. The Morgan fingerprint density at radius 1 is 1.16 bits per heavy atom. The second-order valence-corrected chi connectivity index (χ2v) is 4.08. The molecule has 0 unspecified atom stereocenters. The summed E-state index contributed by atoms with van der Waals surface area (Å²) in [6, 6.07) is 7.66. The van der Waals surface area contributed by atoms with Gasteiger partial charge >= 0.3 is 0 Å². The molecule has 1 aromatic carbocycles. The Morgan fingerprint density at radius 2 is 1.79 bits per heavy atom. The highest BCUT2D eigenvalue weighted by Crippen LogP contribution is 2.21. The molecule has 0 aliphatic heterocycles. The van der Waals surface area contributed by atoms with Gasteiger partial charge in [0, 0.05) is 18.0 Å². The summed E-state index contributed by atoms with van der Waals surface area (Å²) >= 11 is 0. The lowest BCUT2D eigenvalue weighted by Crippen LogP contribution is -2.11. The number of aromatic nitrogens is 2. The maximum Gasteiger partial charge on any atom is 0.222 e. The first-order valence-corrected chi connectivity index (χ1v) is 5.89. The first-order valence-electron chi connectivity index (χ1n) is 5.89. The van der Waals surface area contributed by atoms with Crippen LogP contribution in [0, 0.1) is 0 Å². The van der Waals surface area contributed by atoms with Gasteiger partial charge in [0.15, 0.2) is 0 Å². The normalized spacial score (nSPS) is 10.0. The summed E-state index contributed by atoms with van der Waals surface area (Å²) in [5.74, 6) is 1.31. The number of benzene rings is 1. The summed E-state index contributed by atoms with van der Waals surface area (Å²) in [6.07, 6.45) is 3.44. The van der Waals surface area contributed by atoms with Gasteiger partial charge in [0.25, 0.3) is 0 Å². The lowest BCUT2D eigenvalue weighted by Gasteiger charge is -2.05. The molecule has 0 spiro atoms. The molecule has 0 bridgehead atoms. The summed E-state index contributed by atoms with van der Waals surface area (Å²) in [7, 11) is 1.63. The minimum atomic E-state index is 0.0443. The van der Waals surface area contributed by atoms with Crippen LogP contribution in [-0.2, 0) is 4.79 Å². The smallest absolute Gasteiger partial charge is 0.222 e. The Bertz CT molecular complexity index is 550. The molecule has 5 heteroatoms. The number of Topliss-reactive ketones (excluding diaryl/α,β-unsaturated/α-hetero) is 1. The fourth-order valence-corrected chi connectivity index (χ4v) is 1.56. The standard InChI is InChI=1S/C14H15N3O2/c1-10(18)7-15-14-16-8-12(9-17-14)11-3-5-13(19-2)6-4-11/h3-6,8-9H,7H2,1-2H3,(H,15,16,17). The summed E-state index contributed by atoms with van der Waals surface area (Å²) in [6.45, 7) is 1.75. The number of ether oxygens (including phenoxy) is 1. The number of ketones is 1. The Morgan fingerprint density at radius 3 is 2.32 bits per heavy atom. The lowest BCUT2D eigenvalue weighted by atomic mass is 10.1. The molecular formula is C14H15N3O2. The molecular weight excluding hydrogens is 242 g/mol. The van der Waals surface area contributed by atoms with E-state index in [1.807, 2.05) is 24.3 Å². The van der Waals surface area contributed by atoms with Gasteiger partial charge in [0.1, 0.15) is 11.5 Å². The van der Waals surface area contributed by atoms with Crippen LogP contribution < -0.4 is 10.1 Å². The predicted octanol–water partition coefficient (Wildman–Crippen LogP) is 2.15. The molecule has 1 N–H and O–H groups in total. The summed E-state index contributed by atoms with van der Waals surface area (Å²) < 4.78 is 5.11. The minimum Gasteiger partial charge on any atom is -0.497 e. The fourth-order valence-electron chi connectivity index (χ4n) is 1.56. The zero-order chi connectivity index (χ0) is 13.7. The van der Waals surface area contributed by atoms with Gasteiger partial charge in [-0.1, -0.05) is 12.1 Å². The molecule has 0 aliphatic carbocycles. The van der Waals surface area contributed by atoms with Crippen molar-refractivity contribution >= 4 is 11.7 Å². The average Bonchev–Trinajstić information content (AvgIpc) is 2.46. The highest BCUT2D eigenvalue weighted by atomic mass is 16.5. The SMILES string of the molecule is COc1ccc(-c2cnc(NCC(C)=O)nc2)cc1. The van der Waals surface area contributed by atoms with E-state index in [1.54, 1.807) is 19.5 Å². The van der Waals surface area contributed by atoms with Gasteiger partial charge in [-0.25, -0.2) is 9.97 Å². The van der Waals surface area contributed by atoms with Crippen LogP contribution in [0.15, 0.2) is 36.7 Å². The largest absolute Gasteiger partial charge is 0.497 e. The Labute approximate surface area is 111 Å². The van der Waals surface area contributed by atoms with Crippen molar-refractivity contribution in [3.05, 3.63) is 36.7 Å². The van der Waals surface area contributed by atoms with Crippen molar-refractivity contribution in [2.45, 2.75) is 6.92 Å². The van der Waals surface area contributed by atoms with E-state index in [0.29, 0.717) is 5.95 Å². The number of methoxy groups -OCH3 is 1. The van der Waals surface area contributed by atoms with Crippen molar-refractivity contribution in [3.8, 4) is 16.9 Å². The first-order chi connectivity index (χ1) is 9.19. The molecule has 0 fully saturated rings. The Hall–Kier alpha value is -2.43. The van der Waals surface area contributed by atoms with Crippen molar-refractivity contribution in [2.24, 2.45) is 0 Å². The zero-order valence-electron chi connectivity index (χ0n) is 10.9. The molecule has 0 aliphatic rings. The molecule has 0 amide bonds. The second kappa shape index (κ2) is 5.95. The molecule has 0 atom stereocenters. The Kier molecular flexibility index (Phi) is 4.07. The van der Waals surface area contributed by atoms with Gasteiger partial charge in [-0.2, -0.15) is 0 Å². The molecule has 2 aromatic rings. The van der Waals surface area contributed by atoms with E-state index in [-0.39, 0.29) is 12.3 Å². The lowest BCUT2D eigenvalue weighted by molar-refractivity contribution is -0.115. The van der Waals surface area contributed by atoms with Gasteiger partial charge in [0.2, 0.25) is 5.95 Å². The number of hydrogen-bond acceptors (Lipinski definition) is 5. The predicted molar refractivity (Wildman–Crippen MR) is 73.2 cm³/mol. The average molecular weight is 257 g/mol. The van der Waals surface area contributed by atoms with Gasteiger partial charge < -0.3 is 10.1 Å². The molecule has 0 saturated carbocycles. The Balaban J connectivity index is 2.10. The van der Waals surface area contributed by atoms with Crippen LogP contribution in [0.2, 0.25) is 0 Å². The quantitative estimate of drug-likeness (QED) is 0.889. The van der Waals surface area contributed by atoms with Crippen LogP contribution in [0.1, 0.15) is 6.92 Å². The van der Waals surface area contributed by atoms with Crippen LogP contribution in [-0.4, -0.2) is 29.4 Å². The van der Waals surface area contributed by atoms with Crippen molar-refractivity contribution in [3.63, 3.8) is 0 Å². The third kappa shape index (κ3) is 3.51. The van der Waals surface area contributed by atoms with Crippen LogP contribution in [0.4, 0.5) is 5.95 Å². The van der Waals surface area contributed by atoms with E-state index in [1.165, 1.54) is 6.92 Å². The van der Waals surface area contributed by atoms with Crippen molar-refractivity contribution < 1.29 is 9.53 Å². The van der Waals surface area contributed by atoms with Crippen LogP contribution >= 0.6 is 0 Å². The van der Waals surface area contributed by atoms with Crippen molar-refractivity contribution in [1.29, 1.82) is 0 Å². The van der Waals surface area contributed by atoms with E-state index in [0.717, 1.165) is 16.9 Å². The summed E-state index contributed by atoms with van der Waals surface area (Å²) in [5, 5.41) is 2.85. The number of carbonyl (C=O) groups excluding carboxylic acids is 1. The summed E-state index contributed by atoms with van der Waals surface area (Å²) in [4.78, 5) is 19.2. The van der Waals surface area contributed by atoms with E-state index >= 15 is 0 Å². The highest BCUT2D eigenvalue weighted by molar-refractivity contribution is 5.79. The van der Waals surface area contributed by atoms with E-state index in [4.69, 9.17) is 4.74 Å². The number of nitrogens with one attached hydrogen (secondary N) is 1. The monoisotopic (exact) mass is 257 g/mol. The topological polar surface area (TPSA) is 64.1 Å². The van der Waals surface area contributed by atoms with Crippen LogP contribution in [0.25, 0.3) is 11.1 Å². The maximum absolute atomic E-state index is 10.8. The van der Waals surface area contributed by atoms with Gasteiger partial charge in [-0.05, 0) is 24.6 Å². The zero-order valence-corrected chi connectivity index (χ0v) is 10.9. The van der Waals surface area contributed by atoms with Crippen LogP contribution in [0.3, 0.4) is 0 Å². The van der Waals surface area contributed by atoms with E-state index < -0.39 is 0 Å². The van der Waals surface area contributed by atoms with Gasteiger partial charge in [0.05, 0.1) is 13.7 Å². The fraction of sp³-hybridized carbons (Fsp3) is 0.214. The molecule has 98 valence electrons. The number of carbonyl (C=O) groups is 1. The molecule has 0 radical (unpaired) electrons. The second-order valence-electron chi connectivity index (χ2n) is 4.08. The molecule has 1 aromatic heterocycles. The first kappa shape index (κ1) is 13.0. The van der Waals surface area contributed by atoms with Crippen LogP contribution in [0.5, 0.6) is 5.75 Å². The van der Waals surface area contributed by atoms with E-state index in [2.05, 4.69) is 15.3 Å². The molecule has 1 heterocycles. The maximum atomic E-state index is 10.8. The van der Waals surface area contributed by atoms with E-state index in [9.17, 15) is 4.79 Å². The van der Waals surface area contributed by atoms with Crippen molar-refractivity contribution in [1.82, 2.24) is 9.97 Å². The van der Waals surface area contributed by atoms with Gasteiger partial charge in [-0.15, -0.1) is 0 Å². The molecule has 19 heavy (non-hydrogen) atoms. The molecule has 0 saturated heterocycles. The van der Waals surface area contributed by atoms with Gasteiger partial charge in [-0.3, -0.25) is 4.79 Å². The van der Waals surface area contributed by atoms with Crippen molar-refractivity contribution in [2.75, 3.05) is 19.0 Å². The summed E-state index contributed by atoms with van der Waals surface area (Å²) in [5.41, 5.74) is 1.93. The molecule has 2 rings (SSSR count). The number of hydrogen-bond donors (Lipinski definition) is 1. The minimum absolute atomic E-state index is 0.0443. The molecule has 5 nitrogen and oxygen atoms in total.